The van der Waals surface area contributed by atoms with E-state index in [9.17, 15) is 4.79 Å². The number of hydrogen-bond donors (Lipinski definition) is 0. The molecule has 0 atom stereocenters. The Kier molecular flexibility index (Phi) is 5.63. The molecule has 122 valence electrons. The first-order valence-corrected chi connectivity index (χ1v) is 7.76. The molecule has 4 heteroatoms. The average molecular weight is 313 g/mol. The number of benzene rings is 2. The van der Waals surface area contributed by atoms with Gasteiger partial charge < -0.3 is 14.4 Å². The van der Waals surface area contributed by atoms with E-state index in [2.05, 4.69) is 0 Å². The van der Waals surface area contributed by atoms with E-state index in [1.807, 2.05) is 44.2 Å². The van der Waals surface area contributed by atoms with Crippen molar-refractivity contribution in [3.63, 3.8) is 0 Å². The number of methoxy groups -OCH3 is 2. The lowest BCUT2D eigenvalue weighted by Gasteiger charge is -2.22. The molecule has 1 amide bonds. The van der Waals surface area contributed by atoms with Gasteiger partial charge >= 0.3 is 0 Å². The third-order valence-corrected chi connectivity index (χ3v) is 3.87. The van der Waals surface area contributed by atoms with Crippen molar-refractivity contribution in [1.82, 2.24) is 4.90 Å². The van der Waals surface area contributed by atoms with Gasteiger partial charge in [0.15, 0.2) is 0 Å². The standard InChI is InChI=1S/C19H23NO3/c1-5-20(6-2)19(21)16-12-15(22-3)13-17(23-4)18(16)14-10-8-7-9-11-14/h7-13H,5-6H2,1-4H3. The molecule has 0 spiro atoms. The first-order chi connectivity index (χ1) is 11.2. The van der Waals surface area contributed by atoms with Crippen LogP contribution in [0, 0.1) is 0 Å². The van der Waals surface area contributed by atoms with Crippen LogP contribution >= 0.6 is 0 Å². The second-order valence-electron chi connectivity index (χ2n) is 5.10. The van der Waals surface area contributed by atoms with E-state index < -0.39 is 0 Å². The van der Waals surface area contributed by atoms with Crippen molar-refractivity contribution < 1.29 is 14.3 Å². The second kappa shape index (κ2) is 7.68. The van der Waals surface area contributed by atoms with Crippen LogP contribution in [0.1, 0.15) is 24.2 Å². The lowest BCUT2D eigenvalue weighted by atomic mass is 9.97. The number of carbonyl (C=O) groups is 1. The van der Waals surface area contributed by atoms with Crippen LogP contribution in [0.15, 0.2) is 42.5 Å². The van der Waals surface area contributed by atoms with Crippen LogP contribution < -0.4 is 9.47 Å². The van der Waals surface area contributed by atoms with E-state index in [-0.39, 0.29) is 5.91 Å². The molecule has 2 aromatic rings. The summed E-state index contributed by atoms with van der Waals surface area (Å²) in [5.41, 5.74) is 2.34. The lowest BCUT2D eigenvalue weighted by Crippen LogP contribution is -2.31. The van der Waals surface area contributed by atoms with Gasteiger partial charge in [-0.3, -0.25) is 4.79 Å². The zero-order chi connectivity index (χ0) is 16.8. The molecule has 0 aliphatic rings. The first-order valence-electron chi connectivity index (χ1n) is 7.76. The maximum absolute atomic E-state index is 13.0. The highest BCUT2D eigenvalue weighted by Gasteiger charge is 2.22. The number of ether oxygens (including phenoxy) is 2. The van der Waals surface area contributed by atoms with Crippen LogP contribution in [-0.2, 0) is 0 Å². The van der Waals surface area contributed by atoms with Gasteiger partial charge in [-0.25, -0.2) is 0 Å². The summed E-state index contributed by atoms with van der Waals surface area (Å²) in [6.07, 6.45) is 0. The minimum absolute atomic E-state index is 0.0222. The van der Waals surface area contributed by atoms with Crippen molar-refractivity contribution >= 4 is 5.91 Å². The summed E-state index contributed by atoms with van der Waals surface area (Å²) in [6, 6.07) is 13.4. The summed E-state index contributed by atoms with van der Waals surface area (Å²) in [6.45, 7) is 5.26. The first kappa shape index (κ1) is 16.9. The molecule has 0 aliphatic carbocycles. The average Bonchev–Trinajstić information content (AvgIpc) is 2.62. The van der Waals surface area contributed by atoms with Gasteiger partial charge in [0, 0.05) is 24.7 Å². The summed E-state index contributed by atoms with van der Waals surface area (Å²) in [7, 11) is 3.19. The van der Waals surface area contributed by atoms with Crippen molar-refractivity contribution in [3.05, 3.63) is 48.0 Å². The number of amides is 1. The SMILES string of the molecule is CCN(CC)C(=O)c1cc(OC)cc(OC)c1-c1ccccc1. The number of carbonyl (C=O) groups excluding carboxylic acids is 1. The van der Waals surface area contributed by atoms with Crippen molar-refractivity contribution in [2.45, 2.75) is 13.8 Å². The molecule has 2 aromatic carbocycles. The number of rotatable bonds is 6. The monoisotopic (exact) mass is 313 g/mol. The second-order valence-corrected chi connectivity index (χ2v) is 5.10. The van der Waals surface area contributed by atoms with Gasteiger partial charge in [-0.05, 0) is 25.5 Å². The van der Waals surface area contributed by atoms with E-state index in [0.29, 0.717) is 30.2 Å². The van der Waals surface area contributed by atoms with Gasteiger partial charge in [0.1, 0.15) is 11.5 Å². The zero-order valence-electron chi connectivity index (χ0n) is 14.1. The molecule has 0 unspecified atom stereocenters. The van der Waals surface area contributed by atoms with Crippen LogP contribution in [0.2, 0.25) is 0 Å². The Morgan fingerprint density at radius 2 is 1.65 bits per heavy atom. The Hall–Kier alpha value is -2.49. The van der Waals surface area contributed by atoms with Crippen molar-refractivity contribution in [3.8, 4) is 22.6 Å². The van der Waals surface area contributed by atoms with Gasteiger partial charge in [-0.1, -0.05) is 30.3 Å². The highest BCUT2D eigenvalue weighted by Crippen LogP contribution is 2.37. The minimum Gasteiger partial charge on any atom is -0.497 e. The molecule has 0 N–H and O–H groups in total. The van der Waals surface area contributed by atoms with Crippen LogP contribution in [0.4, 0.5) is 0 Å². The van der Waals surface area contributed by atoms with Gasteiger partial charge in [-0.15, -0.1) is 0 Å². The summed E-state index contributed by atoms with van der Waals surface area (Å²) in [5, 5.41) is 0. The molecule has 2 rings (SSSR count). The number of hydrogen-bond acceptors (Lipinski definition) is 3. The Balaban J connectivity index is 2.69. The van der Waals surface area contributed by atoms with Crippen molar-refractivity contribution in [1.29, 1.82) is 0 Å². The predicted molar refractivity (Wildman–Crippen MR) is 92.2 cm³/mol. The molecule has 0 saturated heterocycles. The van der Waals surface area contributed by atoms with Gasteiger partial charge in [-0.2, -0.15) is 0 Å². The molecule has 4 nitrogen and oxygen atoms in total. The smallest absolute Gasteiger partial charge is 0.254 e. The topological polar surface area (TPSA) is 38.8 Å². The highest BCUT2D eigenvalue weighted by atomic mass is 16.5. The van der Waals surface area contributed by atoms with Crippen LogP contribution in [0.5, 0.6) is 11.5 Å². The van der Waals surface area contributed by atoms with Gasteiger partial charge in [0.2, 0.25) is 0 Å². The summed E-state index contributed by atoms with van der Waals surface area (Å²) in [4.78, 5) is 14.7. The van der Waals surface area contributed by atoms with E-state index in [4.69, 9.17) is 9.47 Å². The Bertz CT molecular complexity index is 664. The molecule has 0 aliphatic heterocycles. The van der Waals surface area contributed by atoms with Gasteiger partial charge in [0.05, 0.1) is 19.8 Å². The Morgan fingerprint density at radius 1 is 1.00 bits per heavy atom. The largest absolute Gasteiger partial charge is 0.497 e. The molecule has 0 fully saturated rings. The maximum atomic E-state index is 13.0. The fourth-order valence-corrected chi connectivity index (χ4v) is 2.62. The van der Waals surface area contributed by atoms with Crippen LogP contribution in [0.25, 0.3) is 11.1 Å². The van der Waals surface area contributed by atoms with E-state index in [0.717, 1.165) is 11.1 Å². The molecule has 0 bridgehead atoms. The fraction of sp³-hybridized carbons (Fsp3) is 0.316. The third kappa shape index (κ3) is 3.47. The third-order valence-electron chi connectivity index (χ3n) is 3.87. The van der Waals surface area contributed by atoms with Crippen LogP contribution in [0.3, 0.4) is 0 Å². The quantitative estimate of drug-likeness (QED) is 0.813. The molecule has 23 heavy (non-hydrogen) atoms. The van der Waals surface area contributed by atoms with E-state index in [1.165, 1.54) is 0 Å². The molecular weight excluding hydrogens is 290 g/mol. The molecule has 0 heterocycles. The highest BCUT2D eigenvalue weighted by molar-refractivity contribution is 6.03. The minimum atomic E-state index is -0.0222. The fourth-order valence-electron chi connectivity index (χ4n) is 2.62. The zero-order valence-corrected chi connectivity index (χ0v) is 14.1. The lowest BCUT2D eigenvalue weighted by molar-refractivity contribution is 0.0773. The summed E-state index contributed by atoms with van der Waals surface area (Å²) < 4.78 is 10.9. The normalized spacial score (nSPS) is 10.3. The molecule has 0 aromatic heterocycles. The summed E-state index contributed by atoms with van der Waals surface area (Å²) in [5.74, 6) is 1.22. The van der Waals surface area contributed by atoms with E-state index in [1.54, 1.807) is 31.3 Å². The Labute approximate surface area is 137 Å². The number of nitrogens with zero attached hydrogens (tertiary/aromatic N) is 1. The summed E-state index contributed by atoms with van der Waals surface area (Å²) >= 11 is 0. The molecule has 0 saturated carbocycles. The molecular formula is C19H23NO3. The van der Waals surface area contributed by atoms with E-state index >= 15 is 0 Å². The maximum Gasteiger partial charge on any atom is 0.254 e. The van der Waals surface area contributed by atoms with Crippen molar-refractivity contribution in [2.75, 3.05) is 27.3 Å². The molecule has 0 radical (unpaired) electrons. The predicted octanol–water partition coefficient (Wildman–Crippen LogP) is 3.85. The van der Waals surface area contributed by atoms with Crippen molar-refractivity contribution in [2.24, 2.45) is 0 Å². The Morgan fingerprint density at radius 3 is 2.17 bits per heavy atom. The van der Waals surface area contributed by atoms with Gasteiger partial charge in [0.25, 0.3) is 5.91 Å². The van der Waals surface area contributed by atoms with Crippen LogP contribution in [-0.4, -0.2) is 38.1 Å².